The number of fused-ring (bicyclic) bond motifs is 1. The number of benzene rings is 1. The molecule has 1 aromatic carbocycles. The molecule has 1 unspecified atom stereocenters. The lowest BCUT2D eigenvalue weighted by molar-refractivity contribution is -0.142. The van der Waals surface area contributed by atoms with Gasteiger partial charge in [0.05, 0.1) is 11.9 Å². The van der Waals surface area contributed by atoms with Gasteiger partial charge in [0, 0.05) is 11.6 Å². The van der Waals surface area contributed by atoms with Crippen LogP contribution in [0.3, 0.4) is 0 Å². The number of pyridine rings is 1. The first-order valence-electron chi connectivity index (χ1n) is 7.00. The van der Waals surface area contributed by atoms with E-state index < -0.39 is 12.0 Å². The lowest BCUT2D eigenvalue weighted by atomic mass is 10.1. The molecule has 5 heteroatoms. The standard InChI is InChI=1S/C16H16N2O3/c19-13(18-15(16(20)21)11-6-7-11)9-12-4-1-3-10-5-2-8-17-14(10)12/h1-5,8,11,15H,6-7,9H2,(H,18,19)(H,20,21). The van der Waals surface area contributed by atoms with Crippen molar-refractivity contribution < 1.29 is 14.7 Å². The number of hydrogen-bond acceptors (Lipinski definition) is 3. The largest absolute Gasteiger partial charge is 0.480 e. The van der Waals surface area contributed by atoms with E-state index in [1.807, 2.05) is 30.3 Å². The second kappa shape index (κ2) is 5.52. The van der Waals surface area contributed by atoms with E-state index in [2.05, 4.69) is 10.3 Å². The topological polar surface area (TPSA) is 79.3 Å². The number of aliphatic carboxylic acids is 1. The van der Waals surface area contributed by atoms with Crippen molar-refractivity contribution in [2.75, 3.05) is 0 Å². The Morgan fingerprint density at radius 2 is 2.05 bits per heavy atom. The number of nitrogens with one attached hydrogen (secondary N) is 1. The van der Waals surface area contributed by atoms with Crippen LogP contribution in [0.25, 0.3) is 10.9 Å². The first kappa shape index (κ1) is 13.5. The number of carbonyl (C=O) groups excluding carboxylic acids is 1. The normalized spacial score (nSPS) is 15.6. The quantitative estimate of drug-likeness (QED) is 0.876. The molecule has 108 valence electrons. The molecule has 21 heavy (non-hydrogen) atoms. The van der Waals surface area contributed by atoms with E-state index in [0.717, 1.165) is 29.3 Å². The molecular weight excluding hydrogens is 268 g/mol. The number of amides is 1. The van der Waals surface area contributed by atoms with Gasteiger partial charge >= 0.3 is 5.97 Å². The minimum atomic E-state index is -0.957. The number of carbonyl (C=O) groups is 2. The Kier molecular flexibility index (Phi) is 3.56. The Morgan fingerprint density at radius 3 is 2.76 bits per heavy atom. The molecule has 3 rings (SSSR count). The van der Waals surface area contributed by atoms with Crippen LogP contribution in [0, 0.1) is 5.92 Å². The van der Waals surface area contributed by atoms with Gasteiger partial charge in [-0.15, -0.1) is 0 Å². The van der Waals surface area contributed by atoms with Crippen LogP contribution in [0.4, 0.5) is 0 Å². The minimum Gasteiger partial charge on any atom is -0.480 e. The smallest absolute Gasteiger partial charge is 0.326 e. The van der Waals surface area contributed by atoms with Crippen molar-refractivity contribution in [3.63, 3.8) is 0 Å². The van der Waals surface area contributed by atoms with Crippen molar-refractivity contribution >= 4 is 22.8 Å². The molecule has 1 aliphatic carbocycles. The zero-order chi connectivity index (χ0) is 14.8. The molecule has 5 nitrogen and oxygen atoms in total. The first-order valence-corrected chi connectivity index (χ1v) is 7.00. The van der Waals surface area contributed by atoms with E-state index >= 15 is 0 Å². The molecule has 1 aromatic heterocycles. The molecule has 2 N–H and O–H groups in total. The van der Waals surface area contributed by atoms with Crippen molar-refractivity contribution in [1.29, 1.82) is 0 Å². The fourth-order valence-electron chi connectivity index (χ4n) is 2.52. The molecule has 1 heterocycles. The summed E-state index contributed by atoms with van der Waals surface area (Å²) in [5.74, 6) is -1.15. The molecule has 0 bridgehead atoms. The molecule has 1 amide bonds. The van der Waals surface area contributed by atoms with Gasteiger partial charge in [-0.3, -0.25) is 9.78 Å². The highest BCUT2D eigenvalue weighted by Gasteiger charge is 2.37. The fourth-order valence-corrected chi connectivity index (χ4v) is 2.52. The van der Waals surface area contributed by atoms with Gasteiger partial charge in [-0.25, -0.2) is 4.79 Å². The lowest BCUT2D eigenvalue weighted by Crippen LogP contribution is -2.43. The van der Waals surface area contributed by atoms with E-state index in [1.54, 1.807) is 6.20 Å². The second-order valence-corrected chi connectivity index (χ2v) is 5.39. The summed E-state index contributed by atoms with van der Waals surface area (Å²) in [5, 5.41) is 12.7. The third-order valence-electron chi connectivity index (χ3n) is 3.74. The number of hydrogen-bond donors (Lipinski definition) is 2. The monoisotopic (exact) mass is 284 g/mol. The Hall–Kier alpha value is -2.43. The fraction of sp³-hybridized carbons (Fsp3) is 0.312. The SMILES string of the molecule is O=C(Cc1cccc2cccnc12)NC(C(=O)O)C1CC1. The third kappa shape index (κ3) is 3.02. The molecule has 1 atom stereocenters. The molecule has 0 aliphatic heterocycles. The summed E-state index contributed by atoms with van der Waals surface area (Å²) in [6.45, 7) is 0. The van der Waals surface area contributed by atoms with Crippen LogP contribution in [0.2, 0.25) is 0 Å². The van der Waals surface area contributed by atoms with Crippen LogP contribution in [0.5, 0.6) is 0 Å². The van der Waals surface area contributed by atoms with Gasteiger partial charge in [-0.05, 0) is 30.4 Å². The molecule has 0 radical (unpaired) electrons. The number of rotatable bonds is 5. The van der Waals surface area contributed by atoms with Crippen LogP contribution in [0.1, 0.15) is 18.4 Å². The van der Waals surface area contributed by atoms with Gasteiger partial charge in [0.15, 0.2) is 0 Å². The summed E-state index contributed by atoms with van der Waals surface area (Å²) in [6, 6.07) is 8.69. The molecular formula is C16H16N2O3. The average molecular weight is 284 g/mol. The molecule has 1 saturated carbocycles. The molecule has 1 aliphatic rings. The van der Waals surface area contributed by atoms with E-state index in [0.29, 0.717) is 0 Å². The summed E-state index contributed by atoms with van der Waals surface area (Å²) in [6.07, 6.45) is 3.57. The van der Waals surface area contributed by atoms with Crippen LogP contribution in [0.15, 0.2) is 36.5 Å². The summed E-state index contributed by atoms with van der Waals surface area (Å²) < 4.78 is 0. The van der Waals surface area contributed by atoms with E-state index in [-0.39, 0.29) is 18.2 Å². The number of aromatic nitrogens is 1. The Bertz CT molecular complexity index is 689. The zero-order valence-corrected chi connectivity index (χ0v) is 11.5. The van der Waals surface area contributed by atoms with Gasteiger partial charge in [0.1, 0.15) is 6.04 Å². The minimum absolute atomic E-state index is 0.0806. The average Bonchev–Trinajstić information content (AvgIpc) is 3.29. The van der Waals surface area contributed by atoms with E-state index in [1.165, 1.54) is 0 Å². The third-order valence-corrected chi connectivity index (χ3v) is 3.74. The van der Waals surface area contributed by atoms with Crippen molar-refractivity contribution in [2.24, 2.45) is 5.92 Å². The lowest BCUT2D eigenvalue weighted by Gasteiger charge is -2.14. The van der Waals surface area contributed by atoms with E-state index in [9.17, 15) is 9.59 Å². The Morgan fingerprint density at radius 1 is 1.29 bits per heavy atom. The maximum atomic E-state index is 12.1. The molecule has 2 aromatic rings. The van der Waals surface area contributed by atoms with Crippen LogP contribution >= 0.6 is 0 Å². The van der Waals surface area contributed by atoms with Crippen molar-refractivity contribution in [3.8, 4) is 0 Å². The van der Waals surface area contributed by atoms with Crippen molar-refractivity contribution in [3.05, 3.63) is 42.1 Å². The van der Waals surface area contributed by atoms with Crippen LogP contribution in [-0.4, -0.2) is 28.0 Å². The van der Waals surface area contributed by atoms with Crippen molar-refractivity contribution in [2.45, 2.75) is 25.3 Å². The highest BCUT2D eigenvalue weighted by molar-refractivity contribution is 5.89. The van der Waals surface area contributed by atoms with Crippen LogP contribution in [-0.2, 0) is 16.0 Å². The maximum absolute atomic E-state index is 12.1. The number of carboxylic acid groups (broad SMARTS) is 1. The summed E-state index contributed by atoms with van der Waals surface area (Å²) >= 11 is 0. The second-order valence-electron chi connectivity index (χ2n) is 5.39. The van der Waals surface area contributed by atoms with Crippen LogP contribution < -0.4 is 5.32 Å². The molecule has 1 fully saturated rings. The van der Waals surface area contributed by atoms with Gasteiger partial charge in [-0.1, -0.05) is 24.3 Å². The first-order chi connectivity index (χ1) is 10.1. The van der Waals surface area contributed by atoms with Crippen molar-refractivity contribution in [1.82, 2.24) is 10.3 Å². The van der Waals surface area contributed by atoms with Gasteiger partial charge < -0.3 is 10.4 Å². The predicted octanol–water partition coefficient (Wildman–Crippen LogP) is 1.76. The highest BCUT2D eigenvalue weighted by atomic mass is 16.4. The van der Waals surface area contributed by atoms with Gasteiger partial charge in [0.25, 0.3) is 0 Å². The number of para-hydroxylation sites is 1. The summed E-state index contributed by atoms with van der Waals surface area (Å²) in [4.78, 5) is 27.6. The summed E-state index contributed by atoms with van der Waals surface area (Å²) in [7, 11) is 0. The summed E-state index contributed by atoms with van der Waals surface area (Å²) in [5.41, 5.74) is 1.60. The Labute approximate surface area is 122 Å². The van der Waals surface area contributed by atoms with Gasteiger partial charge in [0.2, 0.25) is 5.91 Å². The number of carboxylic acids is 1. The highest BCUT2D eigenvalue weighted by Crippen LogP contribution is 2.32. The van der Waals surface area contributed by atoms with Gasteiger partial charge in [-0.2, -0.15) is 0 Å². The van der Waals surface area contributed by atoms with E-state index in [4.69, 9.17) is 5.11 Å². The number of nitrogens with zero attached hydrogens (tertiary/aromatic N) is 1. The molecule has 0 saturated heterocycles. The maximum Gasteiger partial charge on any atom is 0.326 e. The Balaban J connectivity index is 1.75. The predicted molar refractivity (Wildman–Crippen MR) is 77.7 cm³/mol. The molecule has 0 spiro atoms. The zero-order valence-electron chi connectivity index (χ0n) is 11.5.